The summed E-state index contributed by atoms with van der Waals surface area (Å²) in [6, 6.07) is 2.55. The van der Waals surface area contributed by atoms with Crippen molar-refractivity contribution in [1.29, 1.82) is 0 Å². The number of aromatic nitrogens is 2. The second-order valence-electron chi connectivity index (χ2n) is 7.32. The van der Waals surface area contributed by atoms with Crippen molar-refractivity contribution in [2.45, 2.75) is 57.0 Å². The Labute approximate surface area is 144 Å². The van der Waals surface area contributed by atoms with Gasteiger partial charge in [0.15, 0.2) is 0 Å². The number of carbonyl (C=O) groups is 1. The summed E-state index contributed by atoms with van der Waals surface area (Å²) in [6.45, 7) is 2.15. The van der Waals surface area contributed by atoms with Crippen molar-refractivity contribution in [2.75, 3.05) is 13.1 Å². The van der Waals surface area contributed by atoms with Crippen molar-refractivity contribution in [3.05, 3.63) is 18.5 Å². The summed E-state index contributed by atoms with van der Waals surface area (Å²) < 4.78 is 2.04. The second-order valence-corrected chi connectivity index (χ2v) is 7.32. The Morgan fingerprint density at radius 1 is 1.26 bits per heavy atom. The summed E-state index contributed by atoms with van der Waals surface area (Å²) in [5, 5.41) is 11.2. The number of nitrogens with one attached hydrogen (secondary N) is 2. The molecule has 0 radical (unpaired) electrons. The maximum Gasteiger partial charge on any atom is 0.223 e. The van der Waals surface area contributed by atoms with Gasteiger partial charge in [-0.15, -0.1) is 12.4 Å². The zero-order valence-electron chi connectivity index (χ0n) is 13.5. The van der Waals surface area contributed by atoms with Crippen molar-refractivity contribution in [3.8, 4) is 0 Å². The molecule has 2 aliphatic carbocycles. The molecule has 0 bridgehead atoms. The summed E-state index contributed by atoms with van der Waals surface area (Å²) in [7, 11) is 0. The fourth-order valence-electron chi connectivity index (χ4n) is 4.55. The number of piperidine rings is 1. The molecular weight excluding hydrogens is 312 g/mol. The Morgan fingerprint density at radius 3 is 2.78 bits per heavy atom. The summed E-state index contributed by atoms with van der Waals surface area (Å²) in [4.78, 5) is 12.7. The number of hydrogen-bond donors (Lipinski definition) is 2. The van der Waals surface area contributed by atoms with Crippen LogP contribution in [0.25, 0.3) is 0 Å². The molecule has 6 heteroatoms. The van der Waals surface area contributed by atoms with Crippen molar-refractivity contribution in [3.63, 3.8) is 0 Å². The molecule has 1 aromatic rings. The minimum atomic E-state index is 0. The fraction of sp³-hybridized carbons (Fsp3) is 0.765. The predicted molar refractivity (Wildman–Crippen MR) is 91.6 cm³/mol. The maximum atomic E-state index is 12.7. The van der Waals surface area contributed by atoms with E-state index < -0.39 is 0 Å². The summed E-state index contributed by atoms with van der Waals surface area (Å²) in [6.07, 6.45) is 11.9. The monoisotopic (exact) mass is 338 g/mol. The van der Waals surface area contributed by atoms with E-state index in [1.807, 2.05) is 23.1 Å². The normalized spacial score (nSPS) is 32.1. The standard InChI is InChI=1S/C17H26N4O.ClH/c22-16(13-12-17(13)6-9-18-10-7-17)20-14-4-1-2-5-15(14)21-11-3-8-19-21;/h3,8,11,13-15,18H,1-2,4-7,9-10,12H2,(H,20,22);1H. The third-order valence-electron chi connectivity index (χ3n) is 6.03. The molecule has 1 spiro atoms. The van der Waals surface area contributed by atoms with Gasteiger partial charge in [-0.2, -0.15) is 5.10 Å². The number of hydrogen-bond acceptors (Lipinski definition) is 3. The highest BCUT2D eigenvalue weighted by atomic mass is 35.5. The molecule has 2 saturated carbocycles. The van der Waals surface area contributed by atoms with Gasteiger partial charge in [0.2, 0.25) is 5.91 Å². The van der Waals surface area contributed by atoms with E-state index in [2.05, 4.69) is 15.7 Å². The number of halogens is 1. The van der Waals surface area contributed by atoms with Crippen molar-refractivity contribution in [2.24, 2.45) is 11.3 Å². The van der Waals surface area contributed by atoms with E-state index >= 15 is 0 Å². The van der Waals surface area contributed by atoms with E-state index in [0.29, 0.717) is 17.4 Å². The van der Waals surface area contributed by atoms with Gasteiger partial charge in [-0.1, -0.05) is 12.8 Å². The molecule has 1 amide bonds. The molecule has 3 aliphatic rings. The molecule has 2 heterocycles. The first-order chi connectivity index (χ1) is 10.8. The van der Waals surface area contributed by atoms with Crippen LogP contribution in [0.15, 0.2) is 18.5 Å². The van der Waals surface area contributed by atoms with Crippen LogP contribution in [0.4, 0.5) is 0 Å². The quantitative estimate of drug-likeness (QED) is 0.889. The zero-order chi connectivity index (χ0) is 15.0. The average Bonchev–Trinajstić information content (AvgIpc) is 2.99. The Hall–Kier alpha value is -1.07. The minimum absolute atomic E-state index is 0. The lowest BCUT2D eigenvalue weighted by atomic mass is 9.89. The van der Waals surface area contributed by atoms with E-state index in [4.69, 9.17) is 0 Å². The average molecular weight is 339 g/mol. The zero-order valence-corrected chi connectivity index (χ0v) is 14.4. The Morgan fingerprint density at radius 2 is 2.04 bits per heavy atom. The number of carbonyl (C=O) groups excluding carboxylic acids is 1. The van der Waals surface area contributed by atoms with Crippen LogP contribution in [0.2, 0.25) is 0 Å². The largest absolute Gasteiger partial charge is 0.351 e. The second kappa shape index (κ2) is 6.81. The molecule has 1 aromatic heterocycles. The van der Waals surface area contributed by atoms with E-state index in [9.17, 15) is 4.79 Å². The van der Waals surface area contributed by atoms with Crippen LogP contribution in [0.5, 0.6) is 0 Å². The number of rotatable bonds is 3. The van der Waals surface area contributed by atoms with E-state index in [1.54, 1.807) is 0 Å². The van der Waals surface area contributed by atoms with E-state index in [-0.39, 0.29) is 24.4 Å². The molecule has 128 valence electrons. The van der Waals surface area contributed by atoms with Crippen LogP contribution >= 0.6 is 12.4 Å². The first-order valence-electron chi connectivity index (χ1n) is 8.79. The third kappa shape index (κ3) is 3.26. The predicted octanol–water partition coefficient (Wildman–Crippen LogP) is 2.29. The molecule has 3 atom stereocenters. The molecule has 4 rings (SSSR count). The van der Waals surface area contributed by atoms with Gasteiger partial charge in [0.1, 0.15) is 0 Å². The van der Waals surface area contributed by atoms with E-state index in [0.717, 1.165) is 32.4 Å². The van der Waals surface area contributed by atoms with Gasteiger partial charge in [0.05, 0.1) is 12.1 Å². The lowest BCUT2D eigenvalue weighted by Gasteiger charge is -2.33. The van der Waals surface area contributed by atoms with Crippen molar-refractivity contribution in [1.82, 2.24) is 20.4 Å². The minimum Gasteiger partial charge on any atom is -0.351 e. The lowest BCUT2D eigenvalue weighted by Crippen LogP contribution is -2.44. The van der Waals surface area contributed by atoms with Crippen LogP contribution in [0.1, 0.15) is 51.0 Å². The van der Waals surface area contributed by atoms with Gasteiger partial charge in [-0.05, 0) is 56.7 Å². The topological polar surface area (TPSA) is 59.0 Å². The molecule has 0 aromatic carbocycles. The highest BCUT2D eigenvalue weighted by Crippen LogP contribution is 2.58. The lowest BCUT2D eigenvalue weighted by molar-refractivity contribution is -0.124. The van der Waals surface area contributed by atoms with Crippen LogP contribution in [-0.4, -0.2) is 34.8 Å². The molecule has 5 nitrogen and oxygen atoms in total. The number of nitrogens with zero attached hydrogens (tertiary/aromatic N) is 2. The molecule has 2 N–H and O–H groups in total. The fourth-order valence-corrected chi connectivity index (χ4v) is 4.55. The Kier molecular flexibility index (Phi) is 4.97. The smallest absolute Gasteiger partial charge is 0.223 e. The van der Waals surface area contributed by atoms with Gasteiger partial charge in [0.25, 0.3) is 0 Å². The van der Waals surface area contributed by atoms with Gasteiger partial charge >= 0.3 is 0 Å². The number of amides is 1. The summed E-state index contributed by atoms with van der Waals surface area (Å²) >= 11 is 0. The highest BCUT2D eigenvalue weighted by molar-refractivity contribution is 5.85. The maximum absolute atomic E-state index is 12.7. The van der Waals surface area contributed by atoms with Crippen LogP contribution in [0.3, 0.4) is 0 Å². The van der Waals surface area contributed by atoms with Gasteiger partial charge in [0, 0.05) is 18.3 Å². The SMILES string of the molecule is Cl.O=C(NC1CCCCC1n1cccn1)C1CC12CCNCC2. The third-order valence-corrected chi connectivity index (χ3v) is 6.03. The van der Waals surface area contributed by atoms with Gasteiger partial charge in [-0.3, -0.25) is 9.48 Å². The molecule has 1 aliphatic heterocycles. The van der Waals surface area contributed by atoms with Crippen LogP contribution in [-0.2, 0) is 4.79 Å². The highest BCUT2D eigenvalue weighted by Gasteiger charge is 2.57. The summed E-state index contributed by atoms with van der Waals surface area (Å²) in [5.74, 6) is 0.556. The van der Waals surface area contributed by atoms with Crippen molar-refractivity contribution >= 4 is 18.3 Å². The molecule has 23 heavy (non-hydrogen) atoms. The molecule has 1 saturated heterocycles. The first-order valence-corrected chi connectivity index (χ1v) is 8.79. The van der Waals surface area contributed by atoms with E-state index in [1.165, 1.54) is 25.7 Å². The molecule has 3 fully saturated rings. The van der Waals surface area contributed by atoms with Gasteiger partial charge in [-0.25, -0.2) is 0 Å². The van der Waals surface area contributed by atoms with Crippen LogP contribution < -0.4 is 10.6 Å². The first kappa shape index (κ1) is 16.8. The van der Waals surface area contributed by atoms with Gasteiger partial charge < -0.3 is 10.6 Å². The molecule has 3 unspecified atom stereocenters. The Bertz CT molecular complexity index is 527. The molecular formula is C17H27ClN4O. The van der Waals surface area contributed by atoms with Crippen LogP contribution in [0, 0.1) is 11.3 Å². The Balaban J connectivity index is 0.00000156. The summed E-state index contributed by atoms with van der Waals surface area (Å²) in [5.41, 5.74) is 0.325. The van der Waals surface area contributed by atoms with Crippen molar-refractivity contribution < 1.29 is 4.79 Å².